The van der Waals surface area contributed by atoms with Crippen molar-refractivity contribution in [2.75, 3.05) is 17.7 Å². The highest BCUT2D eigenvalue weighted by Crippen LogP contribution is 2.34. The van der Waals surface area contributed by atoms with Crippen molar-refractivity contribution in [1.29, 1.82) is 10.8 Å². The van der Waals surface area contributed by atoms with Crippen LogP contribution in [0.1, 0.15) is 11.6 Å². The van der Waals surface area contributed by atoms with E-state index < -0.39 is 18.1 Å². The number of thioether (sulfide) groups is 1. The second-order valence-corrected chi connectivity index (χ2v) is 5.42. The van der Waals surface area contributed by atoms with Gasteiger partial charge in [-0.3, -0.25) is 4.99 Å². The van der Waals surface area contributed by atoms with Gasteiger partial charge in [-0.2, -0.15) is 11.8 Å². The number of nitrogen functional groups attached to an aromatic ring is 1. The largest absolute Gasteiger partial charge is 0.384 e. The van der Waals surface area contributed by atoms with E-state index in [4.69, 9.17) is 16.6 Å². The minimum Gasteiger partial charge on any atom is -0.384 e. The summed E-state index contributed by atoms with van der Waals surface area (Å²) in [5, 5.41) is 35.7. The molecule has 9 heteroatoms. The fraction of sp³-hybridized carbons (Fsp3) is 0.417. The van der Waals surface area contributed by atoms with E-state index in [2.05, 4.69) is 15.0 Å². The van der Waals surface area contributed by atoms with Gasteiger partial charge in [-0.1, -0.05) is 0 Å². The van der Waals surface area contributed by atoms with Gasteiger partial charge in [-0.15, -0.1) is 0 Å². The highest BCUT2D eigenvalue weighted by atomic mass is 32.2. The van der Waals surface area contributed by atoms with Gasteiger partial charge in [0.05, 0.1) is 23.0 Å². The number of nitrogens with two attached hydrogens (primary N) is 1. The first-order chi connectivity index (χ1) is 9.97. The lowest BCUT2D eigenvalue weighted by atomic mass is 9.93. The summed E-state index contributed by atoms with van der Waals surface area (Å²) in [5.74, 6) is -0.176. The van der Waals surface area contributed by atoms with E-state index in [-0.39, 0.29) is 23.0 Å². The Bertz CT molecular complexity index is 605. The minimum atomic E-state index is -1.48. The minimum absolute atomic E-state index is 0.0305. The topological polar surface area (TPSA) is 152 Å². The van der Waals surface area contributed by atoms with Crippen LogP contribution in [0.2, 0.25) is 0 Å². The van der Waals surface area contributed by atoms with Crippen molar-refractivity contribution in [2.24, 2.45) is 4.99 Å². The van der Waals surface area contributed by atoms with Crippen LogP contribution in [0.4, 0.5) is 11.5 Å². The number of nitrogens with zero attached hydrogens (tertiary/aromatic N) is 3. The number of aliphatic hydroxyl groups excluding tert-OH is 2. The lowest BCUT2D eigenvalue weighted by Crippen LogP contribution is -2.42. The number of hydrogen-bond donors (Lipinski definition) is 5. The van der Waals surface area contributed by atoms with Crippen LogP contribution < -0.4 is 5.73 Å². The molecule has 0 radical (unpaired) electrons. The molecular weight excluding hydrogens is 292 g/mol. The Labute approximate surface area is 125 Å². The molecule has 0 bridgehead atoms. The Morgan fingerprint density at radius 3 is 2.76 bits per heavy atom. The predicted octanol–water partition coefficient (Wildman–Crippen LogP) is -0.0174. The number of rotatable bonds is 6. The van der Waals surface area contributed by atoms with Gasteiger partial charge < -0.3 is 26.8 Å². The van der Waals surface area contributed by atoms with E-state index in [1.807, 2.05) is 0 Å². The molecule has 0 aromatic carbocycles. The molecule has 1 aromatic heterocycles. The van der Waals surface area contributed by atoms with E-state index in [1.54, 1.807) is 6.26 Å². The van der Waals surface area contributed by atoms with Crippen molar-refractivity contribution in [3.63, 3.8) is 0 Å². The van der Waals surface area contributed by atoms with Crippen LogP contribution in [0, 0.1) is 10.8 Å². The highest BCUT2D eigenvalue weighted by Gasteiger charge is 2.34. The maximum Gasteiger partial charge on any atom is 0.153 e. The zero-order chi connectivity index (χ0) is 15.6. The van der Waals surface area contributed by atoms with Gasteiger partial charge in [0.15, 0.2) is 5.82 Å². The summed E-state index contributed by atoms with van der Waals surface area (Å²) in [6.45, 7) is 0. The number of hydrogen-bond acceptors (Lipinski definition) is 9. The smallest absolute Gasteiger partial charge is 0.153 e. The van der Waals surface area contributed by atoms with Gasteiger partial charge in [0, 0.05) is 12.0 Å². The van der Waals surface area contributed by atoms with E-state index in [0.29, 0.717) is 11.4 Å². The van der Waals surface area contributed by atoms with Crippen molar-refractivity contribution in [3.05, 3.63) is 12.0 Å². The average molecular weight is 308 g/mol. The zero-order valence-electron chi connectivity index (χ0n) is 11.3. The molecule has 6 N–H and O–H groups in total. The van der Waals surface area contributed by atoms with Crippen molar-refractivity contribution in [3.8, 4) is 0 Å². The predicted molar refractivity (Wildman–Crippen MR) is 83.2 cm³/mol. The van der Waals surface area contributed by atoms with Gasteiger partial charge in [-0.25, -0.2) is 9.97 Å². The summed E-state index contributed by atoms with van der Waals surface area (Å²) >= 11 is 1.36. The van der Waals surface area contributed by atoms with Crippen molar-refractivity contribution in [2.45, 2.75) is 18.1 Å². The average Bonchev–Trinajstić information content (AvgIpc) is 2.90. The zero-order valence-corrected chi connectivity index (χ0v) is 12.1. The van der Waals surface area contributed by atoms with Gasteiger partial charge in [0.25, 0.3) is 0 Å². The van der Waals surface area contributed by atoms with Crippen LogP contribution in [0.15, 0.2) is 11.3 Å². The fourth-order valence-electron chi connectivity index (χ4n) is 2.00. The fourth-order valence-corrected chi connectivity index (χ4v) is 2.48. The Morgan fingerprint density at radius 1 is 1.38 bits per heavy atom. The molecule has 1 unspecified atom stereocenters. The standard InChI is InChI=1S/C12H16N6O2S/c1-21-3-6(13)10(19)11(20)7(14)5-2-16-9-8(5)17-4-18-12(9)15/h2,4-5,10-11,13-14,19-20H,3H2,1H3,(H2,15,17,18)/t5?,10-,11+/m0/s1. The highest BCUT2D eigenvalue weighted by molar-refractivity contribution is 7.99. The number of nitrogens with one attached hydrogen (secondary N) is 2. The van der Waals surface area contributed by atoms with Crippen LogP contribution in [0.5, 0.6) is 0 Å². The molecule has 112 valence electrons. The molecule has 1 aromatic rings. The van der Waals surface area contributed by atoms with Gasteiger partial charge in [-0.05, 0) is 6.26 Å². The second kappa shape index (κ2) is 6.29. The molecule has 0 aliphatic carbocycles. The van der Waals surface area contributed by atoms with E-state index >= 15 is 0 Å². The van der Waals surface area contributed by atoms with Crippen LogP contribution >= 0.6 is 11.8 Å². The van der Waals surface area contributed by atoms with E-state index in [9.17, 15) is 10.2 Å². The number of anilines is 1. The molecule has 21 heavy (non-hydrogen) atoms. The van der Waals surface area contributed by atoms with Crippen molar-refractivity contribution >= 4 is 40.9 Å². The summed E-state index contributed by atoms with van der Waals surface area (Å²) in [6.07, 6.45) is 1.59. The monoisotopic (exact) mass is 308 g/mol. The molecule has 0 fully saturated rings. The van der Waals surface area contributed by atoms with Crippen LogP contribution in [0.25, 0.3) is 0 Å². The summed E-state index contributed by atoms with van der Waals surface area (Å²) in [6, 6.07) is 0. The maximum absolute atomic E-state index is 10.1. The van der Waals surface area contributed by atoms with Gasteiger partial charge in [0.2, 0.25) is 0 Å². The quantitative estimate of drug-likeness (QED) is 0.466. The van der Waals surface area contributed by atoms with Gasteiger partial charge >= 0.3 is 0 Å². The summed E-state index contributed by atoms with van der Waals surface area (Å²) in [4.78, 5) is 11.9. The molecule has 0 saturated heterocycles. The first kappa shape index (κ1) is 15.5. The Balaban J connectivity index is 2.18. The Kier molecular flexibility index (Phi) is 4.66. The summed E-state index contributed by atoms with van der Waals surface area (Å²) in [5.41, 5.74) is 6.28. The van der Waals surface area contributed by atoms with Crippen LogP contribution in [0.3, 0.4) is 0 Å². The molecule has 0 saturated carbocycles. The normalized spacial score (nSPS) is 19.1. The Morgan fingerprint density at radius 2 is 2.10 bits per heavy atom. The summed E-state index contributed by atoms with van der Waals surface area (Å²) < 4.78 is 0. The number of fused-ring (bicyclic) bond motifs is 1. The third-order valence-electron chi connectivity index (χ3n) is 3.14. The number of aliphatic hydroxyl groups is 2. The van der Waals surface area contributed by atoms with E-state index in [0.717, 1.165) is 0 Å². The lowest BCUT2D eigenvalue weighted by molar-refractivity contribution is 0.103. The van der Waals surface area contributed by atoms with Crippen molar-refractivity contribution < 1.29 is 10.2 Å². The van der Waals surface area contributed by atoms with Crippen molar-refractivity contribution in [1.82, 2.24) is 9.97 Å². The number of aliphatic imine (C=N–C) groups is 1. The first-order valence-corrected chi connectivity index (χ1v) is 7.52. The molecule has 1 aliphatic heterocycles. The van der Waals surface area contributed by atoms with Gasteiger partial charge in [0.1, 0.15) is 24.2 Å². The molecule has 3 atom stereocenters. The molecule has 0 spiro atoms. The molecule has 0 amide bonds. The second-order valence-electron chi connectivity index (χ2n) is 4.55. The van der Waals surface area contributed by atoms with Crippen LogP contribution in [-0.4, -0.2) is 62.0 Å². The Hall–Kier alpha value is -1.84. The summed E-state index contributed by atoms with van der Waals surface area (Å²) in [7, 11) is 0. The molecular formula is C12H16N6O2S. The molecule has 8 nitrogen and oxygen atoms in total. The van der Waals surface area contributed by atoms with E-state index in [1.165, 1.54) is 24.3 Å². The number of aromatic nitrogens is 2. The molecule has 2 rings (SSSR count). The van der Waals surface area contributed by atoms with Crippen LogP contribution in [-0.2, 0) is 0 Å². The third-order valence-corrected chi connectivity index (χ3v) is 3.74. The first-order valence-electron chi connectivity index (χ1n) is 6.12. The third kappa shape index (κ3) is 2.94. The molecule has 2 heterocycles. The SMILES string of the molecule is CSCC(=N)[C@H](O)[C@H](O)C(=N)C1C=Nc2c(N)ncnc21. The lowest BCUT2D eigenvalue weighted by Gasteiger charge is -2.21. The molecule has 1 aliphatic rings. The maximum atomic E-state index is 10.1.